The molecule has 10 heteroatoms. The summed E-state index contributed by atoms with van der Waals surface area (Å²) in [4.78, 5) is 44.4. The molecule has 42 heavy (non-hydrogen) atoms. The van der Waals surface area contributed by atoms with Gasteiger partial charge in [0.05, 0.1) is 35.1 Å². The number of cyclic esters (lactones) is 1. The van der Waals surface area contributed by atoms with Gasteiger partial charge in [-0.3, -0.25) is 9.59 Å². The Morgan fingerprint density at radius 1 is 1.21 bits per heavy atom. The van der Waals surface area contributed by atoms with Crippen LogP contribution < -0.4 is 10.9 Å². The highest BCUT2D eigenvalue weighted by molar-refractivity contribution is 5.94. The maximum absolute atomic E-state index is 15.1. The Balaban J connectivity index is 1.42. The summed E-state index contributed by atoms with van der Waals surface area (Å²) in [5.41, 5.74) is 2.40. The molecule has 2 aromatic carbocycles. The smallest absolute Gasteiger partial charge is 0.343 e. The first-order valence-electron chi connectivity index (χ1n) is 14.0. The number of ether oxygens (including phenoxy) is 1. The summed E-state index contributed by atoms with van der Waals surface area (Å²) in [5.74, 6) is -1.79. The van der Waals surface area contributed by atoms with Crippen molar-refractivity contribution in [1.29, 1.82) is 0 Å². The van der Waals surface area contributed by atoms with Crippen molar-refractivity contribution in [2.45, 2.75) is 64.0 Å². The van der Waals surface area contributed by atoms with Gasteiger partial charge in [0, 0.05) is 22.6 Å². The Bertz CT molecular complexity index is 1900. The predicted octanol–water partition coefficient (Wildman–Crippen LogP) is 3.36. The van der Waals surface area contributed by atoms with E-state index in [9.17, 15) is 24.6 Å². The molecule has 4 aromatic rings. The monoisotopic (exact) mass is 569 g/mol. The summed E-state index contributed by atoms with van der Waals surface area (Å²) in [6.45, 7) is 3.24. The first kappa shape index (κ1) is 26.5. The molecule has 9 nitrogen and oxygen atoms in total. The van der Waals surface area contributed by atoms with E-state index in [2.05, 4.69) is 5.32 Å². The highest BCUT2D eigenvalue weighted by Crippen LogP contribution is 2.46. The fourth-order valence-electron chi connectivity index (χ4n) is 6.74. The topological polar surface area (TPSA) is 131 Å². The molecule has 7 rings (SSSR count). The molecule has 0 bridgehead atoms. The summed E-state index contributed by atoms with van der Waals surface area (Å²) in [7, 11) is 0. The second-order valence-corrected chi connectivity index (χ2v) is 11.2. The molecule has 0 radical (unpaired) electrons. The maximum atomic E-state index is 15.1. The van der Waals surface area contributed by atoms with Crippen LogP contribution in [0.3, 0.4) is 0 Å². The molecule has 0 spiro atoms. The normalized spacial score (nSPS) is 20.9. The predicted molar refractivity (Wildman–Crippen MR) is 150 cm³/mol. The summed E-state index contributed by atoms with van der Waals surface area (Å²) in [6.07, 6.45) is -0.431. The Morgan fingerprint density at radius 3 is 2.71 bits per heavy atom. The number of aryl methyl sites for hydroxylation is 1. The molecule has 1 aliphatic carbocycles. The number of nitrogens with zero attached hydrogens (tertiary/aromatic N) is 2. The average molecular weight is 570 g/mol. The lowest BCUT2D eigenvalue weighted by atomic mass is 9.81. The Hall–Kier alpha value is -4.41. The molecule has 0 saturated carbocycles. The van der Waals surface area contributed by atoms with Gasteiger partial charge in [-0.2, -0.15) is 0 Å². The number of aliphatic hydroxyl groups is 2. The largest absolute Gasteiger partial charge is 0.458 e. The quantitative estimate of drug-likeness (QED) is 0.283. The molecule has 0 fully saturated rings. The molecule has 214 valence electrons. The third kappa shape index (κ3) is 3.61. The van der Waals surface area contributed by atoms with E-state index < -0.39 is 41.0 Å². The Morgan fingerprint density at radius 2 is 1.98 bits per heavy atom. The number of amides is 1. The zero-order valence-corrected chi connectivity index (χ0v) is 23.0. The molecule has 0 saturated heterocycles. The number of rotatable bonds is 4. The number of pyridine rings is 2. The van der Waals surface area contributed by atoms with E-state index in [1.807, 2.05) is 0 Å². The lowest BCUT2D eigenvalue weighted by Gasteiger charge is -2.31. The number of benzene rings is 2. The van der Waals surface area contributed by atoms with Crippen molar-refractivity contribution in [1.82, 2.24) is 14.9 Å². The van der Waals surface area contributed by atoms with Crippen LogP contribution in [0, 0.1) is 12.7 Å². The van der Waals surface area contributed by atoms with Gasteiger partial charge in [0.2, 0.25) is 0 Å². The SMILES string of the molecule is CC[C@@]1(O)C(=O)OCc2c1cc1n(c2=O)Cc2c-1nc1cc(F)c(C)c3c1c2[C@@H](NC(=O)[C@@H](O)c1ccccc1)CC3. The van der Waals surface area contributed by atoms with E-state index >= 15 is 4.39 Å². The number of fused-ring (bicyclic) bond motifs is 5. The van der Waals surface area contributed by atoms with Crippen LogP contribution in [0.4, 0.5) is 4.39 Å². The molecule has 2 aliphatic heterocycles. The van der Waals surface area contributed by atoms with E-state index in [1.54, 1.807) is 50.2 Å². The van der Waals surface area contributed by atoms with E-state index in [0.717, 1.165) is 16.5 Å². The van der Waals surface area contributed by atoms with Crippen molar-refractivity contribution in [2.24, 2.45) is 0 Å². The molecule has 3 atom stereocenters. The van der Waals surface area contributed by atoms with Gasteiger partial charge in [-0.05, 0) is 54.5 Å². The van der Waals surface area contributed by atoms with Crippen LogP contribution in [0.1, 0.15) is 70.9 Å². The molecule has 1 amide bonds. The number of carbonyl (C=O) groups is 2. The van der Waals surface area contributed by atoms with Crippen molar-refractivity contribution in [3.05, 3.63) is 97.6 Å². The fourth-order valence-corrected chi connectivity index (χ4v) is 6.74. The molecule has 0 unspecified atom stereocenters. The third-order valence-electron chi connectivity index (χ3n) is 9.06. The first-order chi connectivity index (χ1) is 20.1. The summed E-state index contributed by atoms with van der Waals surface area (Å²) < 4.78 is 21.8. The summed E-state index contributed by atoms with van der Waals surface area (Å²) >= 11 is 0. The summed E-state index contributed by atoms with van der Waals surface area (Å²) in [5, 5.41) is 25.7. The lowest BCUT2D eigenvalue weighted by Crippen LogP contribution is -2.44. The second kappa shape index (κ2) is 9.30. The second-order valence-electron chi connectivity index (χ2n) is 11.2. The molecular formula is C32H28FN3O6. The van der Waals surface area contributed by atoms with E-state index in [1.165, 1.54) is 10.6 Å². The van der Waals surface area contributed by atoms with Crippen LogP contribution >= 0.6 is 0 Å². The van der Waals surface area contributed by atoms with Gasteiger partial charge < -0.3 is 24.8 Å². The third-order valence-corrected chi connectivity index (χ3v) is 9.06. The van der Waals surface area contributed by atoms with E-state index in [4.69, 9.17) is 9.72 Å². The van der Waals surface area contributed by atoms with Gasteiger partial charge in [0.25, 0.3) is 11.5 Å². The zero-order chi connectivity index (χ0) is 29.5. The van der Waals surface area contributed by atoms with Gasteiger partial charge in [-0.1, -0.05) is 37.3 Å². The number of halogens is 1. The number of nitrogens with one attached hydrogen (secondary N) is 1. The molecule has 2 aromatic heterocycles. The molecule has 4 heterocycles. The van der Waals surface area contributed by atoms with Gasteiger partial charge in [-0.25, -0.2) is 14.2 Å². The molecule has 3 aliphatic rings. The van der Waals surface area contributed by atoms with Crippen molar-refractivity contribution in [3.63, 3.8) is 0 Å². The highest BCUT2D eigenvalue weighted by atomic mass is 19.1. The molecule has 3 N–H and O–H groups in total. The first-order valence-corrected chi connectivity index (χ1v) is 14.0. The number of esters is 1. The summed E-state index contributed by atoms with van der Waals surface area (Å²) in [6, 6.07) is 11.1. The minimum atomic E-state index is -1.98. The fraction of sp³-hybridized carbons (Fsp3) is 0.312. The van der Waals surface area contributed by atoms with Crippen molar-refractivity contribution >= 4 is 22.8 Å². The van der Waals surface area contributed by atoms with Gasteiger partial charge >= 0.3 is 5.97 Å². The van der Waals surface area contributed by atoms with E-state index in [0.29, 0.717) is 46.4 Å². The van der Waals surface area contributed by atoms with Crippen LogP contribution in [0.15, 0.2) is 47.3 Å². The van der Waals surface area contributed by atoms with Crippen molar-refractivity contribution in [2.75, 3.05) is 0 Å². The number of hydrogen-bond donors (Lipinski definition) is 3. The Kier molecular flexibility index (Phi) is 5.87. The van der Waals surface area contributed by atoms with Gasteiger partial charge in [-0.15, -0.1) is 0 Å². The molecular weight excluding hydrogens is 541 g/mol. The van der Waals surface area contributed by atoms with Crippen LogP contribution in [0.2, 0.25) is 0 Å². The Labute approximate surface area is 239 Å². The maximum Gasteiger partial charge on any atom is 0.343 e. The zero-order valence-electron chi connectivity index (χ0n) is 23.0. The van der Waals surface area contributed by atoms with Crippen LogP contribution in [-0.2, 0) is 39.5 Å². The number of aromatic nitrogens is 2. The van der Waals surface area contributed by atoms with Crippen LogP contribution in [0.5, 0.6) is 0 Å². The van der Waals surface area contributed by atoms with Gasteiger partial charge in [0.15, 0.2) is 11.7 Å². The van der Waals surface area contributed by atoms with Crippen molar-refractivity contribution < 1.29 is 28.9 Å². The average Bonchev–Trinajstić information content (AvgIpc) is 3.37. The highest BCUT2D eigenvalue weighted by Gasteiger charge is 2.46. The number of aliphatic hydroxyl groups excluding tert-OH is 1. The number of hydrogen-bond acceptors (Lipinski definition) is 7. The van der Waals surface area contributed by atoms with E-state index in [-0.39, 0.29) is 30.7 Å². The number of carbonyl (C=O) groups excluding carboxylic acids is 2. The van der Waals surface area contributed by atoms with Crippen LogP contribution in [-0.4, -0.2) is 31.6 Å². The minimum absolute atomic E-state index is 0.0106. The van der Waals surface area contributed by atoms with Crippen molar-refractivity contribution in [3.8, 4) is 11.4 Å². The minimum Gasteiger partial charge on any atom is -0.458 e. The lowest BCUT2D eigenvalue weighted by molar-refractivity contribution is -0.172. The standard InChI is InChI=1S/C32H28FN3O6/c1-3-32(41)20-11-24-27-18(13-36(24)30(39)19(20)14-42-31(32)40)26-22(35-29(38)28(37)16-7-5-4-6-8-16)10-9-17-15(2)21(33)12-23(34-27)25(17)26/h4-8,11-12,22,28,37,41H,3,9-10,13-14H2,1-2H3,(H,35,38)/t22-,28-,32-/m0/s1. The van der Waals surface area contributed by atoms with Gasteiger partial charge in [0.1, 0.15) is 12.4 Å². The van der Waals surface area contributed by atoms with Crippen LogP contribution in [0.25, 0.3) is 22.3 Å².